The molecule has 1 aliphatic rings. The fraction of sp³-hybridized carbons (Fsp3) is 0.571. The number of hydrogen-bond acceptors (Lipinski definition) is 3. The molecular formula is C14H20F2N2O2S. The van der Waals surface area contributed by atoms with Crippen molar-refractivity contribution in [2.45, 2.75) is 25.3 Å². The van der Waals surface area contributed by atoms with E-state index in [1.54, 1.807) is 0 Å². The van der Waals surface area contributed by atoms with Gasteiger partial charge in [0.2, 0.25) is 10.0 Å². The normalized spacial score (nSPS) is 22.2. The van der Waals surface area contributed by atoms with Gasteiger partial charge in [0.15, 0.2) is 0 Å². The summed E-state index contributed by atoms with van der Waals surface area (Å²) in [5.41, 5.74) is 6.27. The predicted molar refractivity (Wildman–Crippen MR) is 77.0 cm³/mol. The zero-order chi connectivity index (χ0) is 15.6. The van der Waals surface area contributed by atoms with Gasteiger partial charge < -0.3 is 5.73 Å². The van der Waals surface area contributed by atoms with Gasteiger partial charge >= 0.3 is 0 Å². The highest BCUT2D eigenvalue weighted by Gasteiger charge is 2.27. The van der Waals surface area contributed by atoms with Crippen molar-refractivity contribution in [3.8, 4) is 0 Å². The minimum atomic E-state index is -3.20. The molecule has 0 aromatic heterocycles. The molecule has 4 nitrogen and oxygen atoms in total. The van der Waals surface area contributed by atoms with Gasteiger partial charge in [-0.05, 0) is 31.2 Å². The van der Waals surface area contributed by atoms with Gasteiger partial charge in [-0.2, -0.15) is 0 Å². The maximum Gasteiger partial charge on any atom is 0.211 e. The van der Waals surface area contributed by atoms with E-state index in [1.165, 1.54) is 22.7 Å². The van der Waals surface area contributed by atoms with Crippen molar-refractivity contribution in [3.05, 3.63) is 35.4 Å². The molecular weight excluding hydrogens is 298 g/mol. The van der Waals surface area contributed by atoms with Crippen LogP contribution in [0.15, 0.2) is 18.2 Å². The third-order valence-electron chi connectivity index (χ3n) is 3.90. The van der Waals surface area contributed by atoms with Crippen molar-refractivity contribution in [1.29, 1.82) is 0 Å². The van der Waals surface area contributed by atoms with Crippen LogP contribution in [-0.4, -0.2) is 32.1 Å². The van der Waals surface area contributed by atoms with Crippen LogP contribution >= 0.6 is 0 Å². The van der Waals surface area contributed by atoms with Crippen molar-refractivity contribution >= 4 is 10.0 Å². The van der Waals surface area contributed by atoms with Crippen LogP contribution in [-0.2, 0) is 10.0 Å². The summed E-state index contributed by atoms with van der Waals surface area (Å²) in [7, 11) is -3.20. The molecule has 21 heavy (non-hydrogen) atoms. The molecule has 2 N–H and O–H groups in total. The number of rotatable bonds is 4. The Balaban J connectivity index is 2.03. The standard InChI is InChI=1S/C14H20F2N2O2S/c1-21(19,20)18-6-2-3-10(9-18)7-14(17)12-5-4-11(15)8-13(12)16/h4-5,8,10,14H,2-3,6-7,9,17H2,1H3. The van der Waals surface area contributed by atoms with Crippen molar-refractivity contribution in [1.82, 2.24) is 4.31 Å². The molecule has 1 heterocycles. The molecule has 2 rings (SSSR count). The maximum atomic E-state index is 13.7. The summed E-state index contributed by atoms with van der Waals surface area (Å²) in [5.74, 6) is -1.20. The number of halogens is 2. The van der Waals surface area contributed by atoms with E-state index in [0.29, 0.717) is 19.5 Å². The lowest BCUT2D eigenvalue weighted by Crippen LogP contribution is -2.40. The molecule has 7 heteroatoms. The van der Waals surface area contributed by atoms with Gasteiger partial charge in [0.05, 0.1) is 6.26 Å². The molecule has 1 aliphatic heterocycles. The largest absolute Gasteiger partial charge is 0.324 e. The lowest BCUT2D eigenvalue weighted by Gasteiger charge is -2.32. The summed E-state index contributed by atoms with van der Waals surface area (Å²) >= 11 is 0. The van der Waals surface area contributed by atoms with E-state index in [9.17, 15) is 17.2 Å². The lowest BCUT2D eigenvalue weighted by atomic mass is 9.90. The van der Waals surface area contributed by atoms with Crippen molar-refractivity contribution < 1.29 is 17.2 Å². The average Bonchev–Trinajstić information content (AvgIpc) is 2.37. The van der Waals surface area contributed by atoms with Crippen LogP contribution in [0.5, 0.6) is 0 Å². The minimum absolute atomic E-state index is 0.0907. The SMILES string of the molecule is CS(=O)(=O)N1CCCC(CC(N)c2ccc(F)cc2F)C1. The Morgan fingerprint density at radius 3 is 2.76 bits per heavy atom. The predicted octanol–water partition coefficient (Wildman–Crippen LogP) is 2.03. The Labute approximate surface area is 124 Å². The van der Waals surface area contributed by atoms with Gasteiger partial charge in [-0.1, -0.05) is 6.07 Å². The minimum Gasteiger partial charge on any atom is -0.324 e. The Morgan fingerprint density at radius 1 is 1.43 bits per heavy atom. The second kappa shape index (κ2) is 6.37. The van der Waals surface area contributed by atoms with Crippen LogP contribution in [0.4, 0.5) is 8.78 Å². The maximum absolute atomic E-state index is 13.7. The Morgan fingerprint density at radius 2 is 2.14 bits per heavy atom. The quantitative estimate of drug-likeness (QED) is 0.924. The van der Waals surface area contributed by atoms with E-state index in [4.69, 9.17) is 5.73 Å². The highest BCUT2D eigenvalue weighted by atomic mass is 32.2. The molecule has 0 radical (unpaired) electrons. The Hall–Kier alpha value is -1.05. The van der Waals surface area contributed by atoms with Crippen LogP contribution in [0.2, 0.25) is 0 Å². The first-order valence-corrected chi connectivity index (χ1v) is 8.78. The molecule has 1 fully saturated rings. The van der Waals surface area contributed by atoms with Crippen LogP contribution in [0.25, 0.3) is 0 Å². The monoisotopic (exact) mass is 318 g/mol. The number of piperidine rings is 1. The fourth-order valence-corrected chi connectivity index (χ4v) is 3.75. The summed E-state index contributed by atoms with van der Waals surface area (Å²) in [6.45, 7) is 0.935. The number of hydrogen-bond donors (Lipinski definition) is 1. The molecule has 118 valence electrons. The third kappa shape index (κ3) is 4.21. The molecule has 2 unspecified atom stereocenters. The van der Waals surface area contributed by atoms with Gasteiger partial charge in [0, 0.05) is 30.8 Å². The summed E-state index contributed by atoms with van der Waals surface area (Å²) < 4.78 is 51.2. The van der Waals surface area contributed by atoms with Gasteiger partial charge in [0.25, 0.3) is 0 Å². The average molecular weight is 318 g/mol. The van der Waals surface area contributed by atoms with E-state index < -0.39 is 27.7 Å². The first-order chi connectivity index (χ1) is 9.77. The molecule has 0 spiro atoms. The van der Waals surface area contributed by atoms with Crippen molar-refractivity contribution in [3.63, 3.8) is 0 Å². The number of sulfonamides is 1. The van der Waals surface area contributed by atoms with E-state index in [-0.39, 0.29) is 11.5 Å². The van der Waals surface area contributed by atoms with Gasteiger partial charge in [-0.15, -0.1) is 0 Å². The van der Waals surface area contributed by atoms with Gasteiger partial charge in [0.1, 0.15) is 11.6 Å². The molecule has 0 amide bonds. The van der Waals surface area contributed by atoms with Crippen LogP contribution in [0.1, 0.15) is 30.9 Å². The van der Waals surface area contributed by atoms with E-state index in [2.05, 4.69) is 0 Å². The first-order valence-electron chi connectivity index (χ1n) is 6.93. The van der Waals surface area contributed by atoms with Crippen molar-refractivity contribution in [2.24, 2.45) is 11.7 Å². The fourth-order valence-electron chi connectivity index (χ4n) is 2.81. The van der Waals surface area contributed by atoms with Crippen LogP contribution in [0, 0.1) is 17.6 Å². The molecule has 1 saturated heterocycles. The molecule has 0 aliphatic carbocycles. The number of nitrogens with two attached hydrogens (primary N) is 1. The smallest absolute Gasteiger partial charge is 0.211 e. The zero-order valence-corrected chi connectivity index (χ0v) is 12.7. The van der Waals surface area contributed by atoms with E-state index in [1.807, 2.05) is 0 Å². The molecule has 1 aromatic carbocycles. The van der Waals surface area contributed by atoms with Crippen LogP contribution < -0.4 is 5.73 Å². The Bertz CT molecular complexity index is 607. The third-order valence-corrected chi connectivity index (χ3v) is 5.17. The second-order valence-corrected chi connectivity index (χ2v) is 7.62. The number of nitrogens with zero attached hydrogens (tertiary/aromatic N) is 1. The van der Waals surface area contributed by atoms with Crippen molar-refractivity contribution in [2.75, 3.05) is 19.3 Å². The summed E-state index contributed by atoms with van der Waals surface area (Å²) in [5, 5.41) is 0. The van der Waals surface area contributed by atoms with Crippen LogP contribution in [0.3, 0.4) is 0 Å². The molecule has 0 saturated carbocycles. The molecule has 0 bridgehead atoms. The Kier molecular flexibility index (Phi) is 4.95. The highest BCUT2D eigenvalue weighted by molar-refractivity contribution is 7.88. The lowest BCUT2D eigenvalue weighted by molar-refractivity contribution is 0.246. The van der Waals surface area contributed by atoms with E-state index >= 15 is 0 Å². The highest BCUT2D eigenvalue weighted by Crippen LogP contribution is 2.28. The van der Waals surface area contributed by atoms with Gasteiger partial charge in [-0.25, -0.2) is 21.5 Å². The first kappa shape index (κ1) is 16.3. The summed E-state index contributed by atoms with van der Waals surface area (Å²) in [4.78, 5) is 0. The van der Waals surface area contributed by atoms with E-state index in [0.717, 1.165) is 18.9 Å². The molecule has 1 aromatic rings. The zero-order valence-electron chi connectivity index (χ0n) is 11.9. The second-order valence-electron chi connectivity index (χ2n) is 5.64. The summed E-state index contributed by atoms with van der Waals surface area (Å²) in [6.07, 6.45) is 3.31. The number of benzene rings is 1. The van der Waals surface area contributed by atoms with Gasteiger partial charge in [-0.3, -0.25) is 0 Å². The molecule has 2 atom stereocenters. The summed E-state index contributed by atoms with van der Waals surface area (Å²) in [6, 6.07) is 2.79. The topological polar surface area (TPSA) is 63.4 Å².